The van der Waals surface area contributed by atoms with Gasteiger partial charge < -0.3 is 25.8 Å². The van der Waals surface area contributed by atoms with Crippen molar-refractivity contribution in [1.82, 2.24) is 16.0 Å². The molecule has 0 aromatic rings. The minimum Gasteiger partial charge on any atom is -0.480 e. The summed E-state index contributed by atoms with van der Waals surface area (Å²) < 4.78 is 5.29. The van der Waals surface area contributed by atoms with Gasteiger partial charge >= 0.3 is 5.97 Å². The maximum atomic E-state index is 12.8. The first-order valence-corrected chi connectivity index (χ1v) is 9.70. The number of carboxylic acid groups (broad SMARTS) is 1. The number of carboxylic acids is 1. The predicted octanol–water partition coefficient (Wildman–Crippen LogP) is 0.901. The number of nitrogens with one attached hydrogen (secondary N) is 3. The lowest BCUT2D eigenvalue weighted by Gasteiger charge is -2.29. The van der Waals surface area contributed by atoms with Gasteiger partial charge in [-0.05, 0) is 24.2 Å². The van der Waals surface area contributed by atoms with Crippen LogP contribution in [-0.2, 0) is 19.1 Å². The van der Waals surface area contributed by atoms with E-state index in [-0.39, 0.29) is 23.8 Å². The molecule has 0 aliphatic carbocycles. The third-order valence-electron chi connectivity index (χ3n) is 4.83. The number of rotatable bonds is 9. The van der Waals surface area contributed by atoms with Crippen molar-refractivity contribution in [3.8, 4) is 0 Å². The fourth-order valence-corrected chi connectivity index (χ4v) is 2.79. The average Bonchev–Trinajstić information content (AvgIpc) is 2.61. The molecule has 8 heteroatoms. The Morgan fingerprint density at radius 3 is 2.41 bits per heavy atom. The number of ether oxygens (including phenoxy) is 1. The van der Waals surface area contributed by atoms with E-state index in [0.717, 1.165) is 0 Å². The first kappa shape index (κ1) is 23.4. The standard InChI is InChI=1S/C19H35N3O5/c1-6-12(2)15(22-16(23)14-11-27-10-9-20-14)17(24)21-13(18(25)26)7-8-19(3,4)5/h12-15,20H,6-11H2,1-5H3,(H,21,24)(H,22,23)(H,25,26)/t12-,13-,14-,15-/m0/s1. The van der Waals surface area contributed by atoms with E-state index in [1.54, 1.807) is 0 Å². The van der Waals surface area contributed by atoms with Gasteiger partial charge in [-0.3, -0.25) is 9.59 Å². The molecule has 0 aromatic heterocycles. The molecule has 0 aromatic carbocycles. The molecule has 4 atom stereocenters. The molecule has 8 nitrogen and oxygen atoms in total. The molecule has 27 heavy (non-hydrogen) atoms. The zero-order valence-electron chi connectivity index (χ0n) is 17.1. The lowest BCUT2D eigenvalue weighted by Crippen LogP contribution is -2.59. The first-order valence-electron chi connectivity index (χ1n) is 9.70. The number of hydrogen-bond donors (Lipinski definition) is 4. The SMILES string of the molecule is CC[C@H](C)[C@H](NC(=O)[C@@H]1COCCN1)C(=O)N[C@@H](CCC(C)(C)C)C(=O)O. The Kier molecular flexibility index (Phi) is 9.18. The zero-order valence-corrected chi connectivity index (χ0v) is 17.1. The van der Waals surface area contributed by atoms with Crippen molar-refractivity contribution < 1.29 is 24.2 Å². The van der Waals surface area contributed by atoms with Crippen LogP contribution < -0.4 is 16.0 Å². The monoisotopic (exact) mass is 385 g/mol. The fraction of sp³-hybridized carbons (Fsp3) is 0.842. The molecule has 156 valence electrons. The summed E-state index contributed by atoms with van der Waals surface area (Å²) >= 11 is 0. The van der Waals surface area contributed by atoms with Crippen molar-refractivity contribution in [3.63, 3.8) is 0 Å². The van der Waals surface area contributed by atoms with Gasteiger partial charge in [0.1, 0.15) is 18.1 Å². The molecule has 0 spiro atoms. The van der Waals surface area contributed by atoms with E-state index in [1.165, 1.54) is 0 Å². The summed E-state index contributed by atoms with van der Waals surface area (Å²) in [5.74, 6) is -1.97. The molecule has 0 saturated carbocycles. The third-order valence-corrected chi connectivity index (χ3v) is 4.83. The predicted molar refractivity (Wildman–Crippen MR) is 102 cm³/mol. The van der Waals surface area contributed by atoms with Crippen LogP contribution >= 0.6 is 0 Å². The summed E-state index contributed by atoms with van der Waals surface area (Å²) in [7, 11) is 0. The van der Waals surface area contributed by atoms with Crippen molar-refractivity contribution in [2.75, 3.05) is 19.8 Å². The zero-order chi connectivity index (χ0) is 20.6. The maximum Gasteiger partial charge on any atom is 0.326 e. The second kappa shape index (κ2) is 10.6. The Bertz CT molecular complexity index is 512. The van der Waals surface area contributed by atoms with E-state index in [2.05, 4.69) is 16.0 Å². The maximum absolute atomic E-state index is 12.8. The Labute approximate surface area is 161 Å². The fourth-order valence-electron chi connectivity index (χ4n) is 2.79. The molecule has 0 bridgehead atoms. The number of amides is 2. The van der Waals surface area contributed by atoms with Crippen LogP contribution in [0.15, 0.2) is 0 Å². The van der Waals surface area contributed by atoms with Crippen LogP contribution in [-0.4, -0.2) is 60.8 Å². The van der Waals surface area contributed by atoms with Gasteiger partial charge in [-0.25, -0.2) is 4.79 Å². The summed E-state index contributed by atoms with van der Waals surface area (Å²) in [5.41, 5.74) is -0.0323. The van der Waals surface area contributed by atoms with Crippen molar-refractivity contribution in [1.29, 1.82) is 0 Å². The van der Waals surface area contributed by atoms with Crippen molar-refractivity contribution >= 4 is 17.8 Å². The third kappa shape index (κ3) is 8.26. The lowest BCUT2D eigenvalue weighted by molar-refractivity contribution is -0.143. The van der Waals surface area contributed by atoms with Gasteiger partial charge in [0.25, 0.3) is 0 Å². The van der Waals surface area contributed by atoms with Crippen LogP contribution in [0.3, 0.4) is 0 Å². The minimum absolute atomic E-state index is 0.0323. The van der Waals surface area contributed by atoms with Gasteiger partial charge in [0, 0.05) is 6.54 Å². The second-order valence-electron chi connectivity index (χ2n) is 8.45. The van der Waals surface area contributed by atoms with Crippen molar-refractivity contribution in [2.45, 2.75) is 72.0 Å². The van der Waals surface area contributed by atoms with E-state index in [9.17, 15) is 19.5 Å². The molecule has 1 aliphatic heterocycles. The quantitative estimate of drug-likeness (QED) is 0.469. The Hall–Kier alpha value is -1.67. The van der Waals surface area contributed by atoms with Crippen LogP contribution in [0.5, 0.6) is 0 Å². The van der Waals surface area contributed by atoms with E-state index in [4.69, 9.17) is 4.74 Å². The van der Waals surface area contributed by atoms with Gasteiger partial charge in [0.05, 0.1) is 13.2 Å². The molecule has 1 rings (SSSR count). The van der Waals surface area contributed by atoms with Crippen LogP contribution in [0.1, 0.15) is 53.9 Å². The van der Waals surface area contributed by atoms with Crippen LogP contribution in [0, 0.1) is 11.3 Å². The van der Waals surface area contributed by atoms with E-state index >= 15 is 0 Å². The van der Waals surface area contributed by atoms with Crippen LogP contribution in [0.4, 0.5) is 0 Å². The highest BCUT2D eigenvalue weighted by atomic mass is 16.5. The van der Waals surface area contributed by atoms with Gasteiger partial charge in [0.15, 0.2) is 0 Å². The largest absolute Gasteiger partial charge is 0.480 e. The molecule has 4 N–H and O–H groups in total. The Morgan fingerprint density at radius 1 is 1.26 bits per heavy atom. The average molecular weight is 386 g/mol. The number of morpholine rings is 1. The first-order chi connectivity index (χ1) is 12.5. The molecule has 0 radical (unpaired) electrons. The molecule has 0 unspecified atom stereocenters. The minimum atomic E-state index is -1.07. The highest BCUT2D eigenvalue weighted by molar-refractivity contribution is 5.92. The summed E-state index contributed by atoms with van der Waals surface area (Å²) in [6, 6.07) is -2.27. The van der Waals surface area contributed by atoms with Gasteiger partial charge in [-0.2, -0.15) is 0 Å². The normalized spacial score (nSPS) is 21.0. The highest BCUT2D eigenvalue weighted by Gasteiger charge is 2.32. The molecule has 1 aliphatic rings. The van der Waals surface area contributed by atoms with Gasteiger partial charge in [0.2, 0.25) is 11.8 Å². The summed E-state index contributed by atoms with van der Waals surface area (Å²) in [4.78, 5) is 36.8. The van der Waals surface area contributed by atoms with Crippen molar-refractivity contribution in [3.05, 3.63) is 0 Å². The highest BCUT2D eigenvalue weighted by Crippen LogP contribution is 2.22. The Morgan fingerprint density at radius 2 is 1.93 bits per heavy atom. The van der Waals surface area contributed by atoms with E-state index in [0.29, 0.717) is 32.4 Å². The molecule has 2 amide bonds. The van der Waals surface area contributed by atoms with E-state index < -0.39 is 30.0 Å². The molecule has 1 fully saturated rings. The Balaban J connectivity index is 2.77. The van der Waals surface area contributed by atoms with Crippen LogP contribution in [0.25, 0.3) is 0 Å². The molecule has 1 heterocycles. The number of aliphatic carboxylic acids is 1. The smallest absolute Gasteiger partial charge is 0.326 e. The summed E-state index contributed by atoms with van der Waals surface area (Å²) in [6.45, 7) is 11.2. The lowest BCUT2D eigenvalue weighted by atomic mass is 9.88. The molecular formula is C19H35N3O5. The number of carbonyl (C=O) groups excluding carboxylic acids is 2. The van der Waals surface area contributed by atoms with Gasteiger partial charge in [-0.1, -0.05) is 41.0 Å². The molecular weight excluding hydrogens is 350 g/mol. The second-order valence-corrected chi connectivity index (χ2v) is 8.45. The number of hydrogen-bond acceptors (Lipinski definition) is 5. The summed E-state index contributed by atoms with van der Waals surface area (Å²) in [6.07, 6.45) is 1.67. The van der Waals surface area contributed by atoms with Gasteiger partial charge in [-0.15, -0.1) is 0 Å². The van der Waals surface area contributed by atoms with Crippen molar-refractivity contribution in [2.24, 2.45) is 11.3 Å². The number of carbonyl (C=O) groups is 3. The van der Waals surface area contributed by atoms with E-state index in [1.807, 2.05) is 34.6 Å². The summed E-state index contributed by atoms with van der Waals surface area (Å²) in [5, 5.41) is 17.9. The topological polar surface area (TPSA) is 117 Å². The van der Waals surface area contributed by atoms with Crippen LogP contribution in [0.2, 0.25) is 0 Å². The molecule has 1 saturated heterocycles.